The molecule has 1 amide bonds. The molecule has 2 atom stereocenters. The van der Waals surface area contributed by atoms with Crippen molar-refractivity contribution in [2.75, 3.05) is 24.0 Å². The number of methoxy groups -OCH3 is 1. The van der Waals surface area contributed by atoms with Crippen molar-refractivity contribution in [3.63, 3.8) is 0 Å². The molecule has 1 aliphatic rings. The van der Waals surface area contributed by atoms with Crippen molar-refractivity contribution in [1.82, 2.24) is 0 Å². The van der Waals surface area contributed by atoms with Gasteiger partial charge in [0.05, 0.1) is 25.7 Å². The Balaban J connectivity index is 1.52. The van der Waals surface area contributed by atoms with Crippen LogP contribution in [0.5, 0.6) is 11.5 Å². The van der Waals surface area contributed by atoms with E-state index in [-0.39, 0.29) is 18.4 Å². The standard InChI is InChI=1S/C34H33ClF2N2O3/c1-5-21(2)42-32-19-28-24(17-31(32)41-4)18-33(40)39(34(28)23-7-9-25(35)10-8-23)27-13-11-26(12-14-27)38(3)20-22-6-15-29(36)30(37)16-22/h6-17,19,21,34H,5,18,20H2,1-4H3/t21-,34?/m1/s1. The van der Waals surface area contributed by atoms with Crippen LogP contribution in [-0.4, -0.2) is 26.2 Å². The predicted molar refractivity (Wildman–Crippen MR) is 163 cm³/mol. The van der Waals surface area contributed by atoms with Crippen molar-refractivity contribution >= 4 is 28.9 Å². The van der Waals surface area contributed by atoms with Gasteiger partial charge in [-0.05, 0) is 96.3 Å². The zero-order valence-electron chi connectivity index (χ0n) is 24.0. The molecule has 0 saturated heterocycles. The first-order chi connectivity index (χ1) is 20.2. The molecule has 218 valence electrons. The summed E-state index contributed by atoms with van der Waals surface area (Å²) in [5.74, 6) is -0.566. The van der Waals surface area contributed by atoms with Crippen LogP contribution in [-0.2, 0) is 17.8 Å². The van der Waals surface area contributed by atoms with E-state index < -0.39 is 17.7 Å². The first-order valence-corrected chi connectivity index (χ1v) is 14.3. The van der Waals surface area contributed by atoms with Crippen LogP contribution < -0.4 is 19.3 Å². The van der Waals surface area contributed by atoms with Crippen LogP contribution >= 0.6 is 11.6 Å². The van der Waals surface area contributed by atoms with Gasteiger partial charge in [-0.15, -0.1) is 0 Å². The third kappa shape index (κ3) is 6.07. The highest BCUT2D eigenvalue weighted by atomic mass is 35.5. The van der Waals surface area contributed by atoms with Crippen LogP contribution in [0.2, 0.25) is 5.02 Å². The third-order valence-electron chi connectivity index (χ3n) is 7.65. The maximum Gasteiger partial charge on any atom is 0.232 e. The number of ether oxygens (including phenoxy) is 2. The largest absolute Gasteiger partial charge is 0.493 e. The summed E-state index contributed by atoms with van der Waals surface area (Å²) in [6, 6.07) is 22.5. The molecule has 1 heterocycles. The van der Waals surface area contributed by atoms with Gasteiger partial charge in [0.2, 0.25) is 5.91 Å². The molecule has 0 aliphatic carbocycles. The van der Waals surface area contributed by atoms with E-state index in [1.807, 2.05) is 84.4 Å². The molecule has 4 aromatic rings. The molecular weight excluding hydrogens is 558 g/mol. The van der Waals surface area contributed by atoms with Gasteiger partial charge in [0.1, 0.15) is 0 Å². The van der Waals surface area contributed by atoms with Gasteiger partial charge in [-0.3, -0.25) is 4.79 Å². The van der Waals surface area contributed by atoms with Crippen LogP contribution in [0.1, 0.15) is 48.6 Å². The smallest absolute Gasteiger partial charge is 0.232 e. The van der Waals surface area contributed by atoms with Gasteiger partial charge < -0.3 is 19.3 Å². The molecule has 42 heavy (non-hydrogen) atoms. The molecule has 4 aromatic carbocycles. The second-order valence-corrected chi connectivity index (χ2v) is 11.0. The summed E-state index contributed by atoms with van der Waals surface area (Å²) < 4.78 is 39.0. The second-order valence-electron chi connectivity index (χ2n) is 10.6. The maximum atomic E-state index is 13.8. The number of rotatable bonds is 9. The Bertz CT molecular complexity index is 1580. The van der Waals surface area contributed by atoms with Gasteiger partial charge in [-0.1, -0.05) is 36.7 Å². The minimum absolute atomic E-state index is 0.0109. The molecule has 1 unspecified atom stereocenters. The molecule has 5 nitrogen and oxygen atoms in total. The van der Waals surface area contributed by atoms with Crippen molar-refractivity contribution in [2.45, 2.75) is 45.4 Å². The highest BCUT2D eigenvalue weighted by molar-refractivity contribution is 6.30. The summed E-state index contributed by atoms with van der Waals surface area (Å²) in [5.41, 5.74) is 4.99. The molecular formula is C34H33ClF2N2O3. The predicted octanol–water partition coefficient (Wildman–Crippen LogP) is 8.12. The van der Waals surface area contributed by atoms with Crippen LogP contribution in [0.25, 0.3) is 0 Å². The lowest BCUT2D eigenvalue weighted by molar-refractivity contribution is -0.118. The lowest BCUT2D eigenvalue weighted by Crippen LogP contribution is -2.41. The highest BCUT2D eigenvalue weighted by Crippen LogP contribution is 2.44. The van der Waals surface area contributed by atoms with Crippen LogP contribution in [0, 0.1) is 11.6 Å². The van der Waals surface area contributed by atoms with E-state index in [1.165, 1.54) is 6.07 Å². The zero-order chi connectivity index (χ0) is 30.0. The Kier molecular flexibility index (Phi) is 8.69. The van der Waals surface area contributed by atoms with Crippen molar-refractivity contribution in [3.8, 4) is 11.5 Å². The number of carbonyl (C=O) groups is 1. The summed E-state index contributed by atoms with van der Waals surface area (Å²) in [6.45, 7) is 4.46. The van der Waals surface area contributed by atoms with Crippen molar-refractivity contribution in [3.05, 3.63) is 118 Å². The number of hydrogen-bond acceptors (Lipinski definition) is 4. The maximum absolute atomic E-state index is 13.8. The number of fused-ring (bicyclic) bond motifs is 1. The number of halogens is 3. The first kappa shape index (κ1) is 29.4. The molecule has 1 aliphatic heterocycles. The highest BCUT2D eigenvalue weighted by Gasteiger charge is 2.36. The quantitative estimate of drug-likeness (QED) is 0.197. The van der Waals surface area contributed by atoms with Crippen molar-refractivity contribution < 1.29 is 23.0 Å². The molecule has 8 heteroatoms. The minimum Gasteiger partial charge on any atom is -0.493 e. The summed E-state index contributed by atoms with van der Waals surface area (Å²) in [4.78, 5) is 17.5. The molecule has 5 rings (SSSR count). The fourth-order valence-corrected chi connectivity index (χ4v) is 5.37. The van der Waals surface area contributed by atoms with Crippen LogP contribution in [0.15, 0.2) is 78.9 Å². The molecule has 0 fully saturated rings. The van der Waals surface area contributed by atoms with E-state index in [2.05, 4.69) is 6.92 Å². The van der Waals surface area contributed by atoms with E-state index in [1.54, 1.807) is 13.2 Å². The number of carbonyl (C=O) groups excluding carboxylic acids is 1. The fraction of sp³-hybridized carbons (Fsp3) is 0.265. The van der Waals surface area contributed by atoms with Crippen molar-refractivity contribution in [1.29, 1.82) is 0 Å². The molecule has 0 spiro atoms. The molecule has 0 saturated carbocycles. The van der Waals surface area contributed by atoms with E-state index in [0.29, 0.717) is 28.6 Å². The van der Waals surface area contributed by atoms with Gasteiger partial charge >= 0.3 is 0 Å². The summed E-state index contributed by atoms with van der Waals surface area (Å²) in [6.07, 6.45) is 1.03. The number of nitrogens with zero attached hydrogens (tertiary/aromatic N) is 2. The van der Waals surface area contributed by atoms with Crippen molar-refractivity contribution in [2.24, 2.45) is 0 Å². The lowest BCUT2D eigenvalue weighted by Gasteiger charge is -2.38. The summed E-state index contributed by atoms with van der Waals surface area (Å²) >= 11 is 6.23. The first-order valence-electron chi connectivity index (χ1n) is 13.9. The van der Waals surface area contributed by atoms with Crippen LogP contribution in [0.3, 0.4) is 0 Å². The van der Waals surface area contributed by atoms with E-state index in [0.717, 1.165) is 40.6 Å². The molecule has 0 N–H and O–H groups in total. The summed E-state index contributed by atoms with van der Waals surface area (Å²) in [7, 11) is 3.48. The van der Waals surface area contributed by atoms with Gasteiger partial charge in [-0.25, -0.2) is 8.78 Å². The van der Waals surface area contributed by atoms with Gasteiger partial charge in [0.25, 0.3) is 0 Å². The molecule has 0 radical (unpaired) electrons. The average Bonchev–Trinajstić information content (AvgIpc) is 2.98. The fourth-order valence-electron chi connectivity index (χ4n) is 5.25. The van der Waals surface area contributed by atoms with Crippen LogP contribution in [0.4, 0.5) is 20.2 Å². The Labute approximate surface area is 250 Å². The van der Waals surface area contributed by atoms with Gasteiger partial charge in [-0.2, -0.15) is 0 Å². The number of anilines is 2. The molecule has 0 bridgehead atoms. The van der Waals surface area contributed by atoms with E-state index in [4.69, 9.17) is 21.1 Å². The summed E-state index contributed by atoms with van der Waals surface area (Å²) in [5, 5.41) is 0.608. The number of amides is 1. The Morgan fingerprint density at radius 3 is 2.33 bits per heavy atom. The third-order valence-corrected chi connectivity index (χ3v) is 7.90. The van der Waals surface area contributed by atoms with E-state index >= 15 is 0 Å². The number of benzene rings is 4. The monoisotopic (exact) mass is 590 g/mol. The van der Waals surface area contributed by atoms with Gasteiger partial charge in [0.15, 0.2) is 23.1 Å². The Morgan fingerprint density at radius 1 is 0.976 bits per heavy atom. The van der Waals surface area contributed by atoms with E-state index in [9.17, 15) is 13.6 Å². The normalized spacial score (nSPS) is 15.3. The SMILES string of the molecule is CC[C@@H](C)Oc1cc2c(cc1OC)CC(=O)N(c1ccc(N(C)Cc3ccc(F)c(F)c3)cc1)C2c1ccc(Cl)cc1. The Morgan fingerprint density at radius 2 is 1.69 bits per heavy atom. The lowest BCUT2D eigenvalue weighted by atomic mass is 9.86. The topological polar surface area (TPSA) is 42.0 Å². The number of hydrogen-bond donors (Lipinski definition) is 0. The minimum atomic E-state index is -0.872. The second kappa shape index (κ2) is 12.4. The Hall–Kier alpha value is -4.10. The molecule has 0 aromatic heterocycles. The average molecular weight is 591 g/mol. The van der Waals surface area contributed by atoms with Gasteiger partial charge in [0, 0.05) is 30.0 Å². The zero-order valence-corrected chi connectivity index (χ0v) is 24.8.